The van der Waals surface area contributed by atoms with Crippen LogP contribution in [0.5, 0.6) is 23.0 Å². The number of halogens is 1. The van der Waals surface area contributed by atoms with Crippen LogP contribution in [-0.2, 0) is 17.6 Å². The van der Waals surface area contributed by atoms with Crippen molar-refractivity contribution in [3.8, 4) is 34.1 Å². The van der Waals surface area contributed by atoms with E-state index in [1.165, 1.54) is 10.7 Å². The summed E-state index contributed by atoms with van der Waals surface area (Å²) in [4.78, 5) is 30.7. The smallest absolute Gasteiger partial charge is 0.251 e. The maximum Gasteiger partial charge on any atom is 0.251 e. The van der Waals surface area contributed by atoms with Gasteiger partial charge in [-0.1, -0.05) is 18.2 Å². The predicted molar refractivity (Wildman–Crippen MR) is 154 cm³/mol. The van der Waals surface area contributed by atoms with Gasteiger partial charge in [0.2, 0.25) is 5.91 Å². The maximum absolute atomic E-state index is 13.9. The topological polar surface area (TPSA) is 114 Å². The fraction of sp³-hybridized carbons (Fsp3) is 0.188. The van der Waals surface area contributed by atoms with E-state index in [1.807, 2.05) is 6.07 Å². The molecule has 0 unspecified atom stereocenters. The number of carbonyl (C=O) groups is 2. The Balaban J connectivity index is 1.20. The zero-order chi connectivity index (χ0) is 29.3. The SMILES string of the molecule is O=C(Cc1ccc2c(c1)OCCO2)Nc1nn(C(=O)Cc2ccc3c(c2)OCCO3)c2ccc(-c3cncc(F)c3)cc12. The van der Waals surface area contributed by atoms with Crippen LogP contribution < -0.4 is 24.3 Å². The predicted octanol–water partition coefficient (Wildman–Crippen LogP) is 4.84. The first-order valence-corrected chi connectivity index (χ1v) is 13.7. The summed E-state index contributed by atoms with van der Waals surface area (Å²) < 4.78 is 37.7. The normalized spacial score (nSPS) is 13.5. The van der Waals surface area contributed by atoms with E-state index in [0.29, 0.717) is 71.5 Å². The van der Waals surface area contributed by atoms with E-state index < -0.39 is 5.82 Å². The first kappa shape index (κ1) is 26.4. The Labute approximate surface area is 245 Å². The molecule has 0 aliphatic carbocycles. The molecule has 2 aromatic heterocycles. The number of fused-ring (bicyclic) bond motifs is 3. The van der Waals surface area contributed by atoms with Gasteiger partial charge >= 0.3 is 0 Å². The van der Waals surface area contributed by atoms with Crippen LogP contribution in [0.3, 0.4) is 0 Å². The van der Waals surface area contributed by atoms with Gasteiger partial charge in [-0.05, 0) is 59.2 Å². The lowest BCUT2D eigenvalue weighted by molar-refractivity contribution is -0.115. The molecular formula is C32H25FN4O6. The molecule has 1 amide bonds. The van der Waals surface area contributed by atoms with Crippen molar-refractivity contribution in [2.75, 3.05) is 31.7 Å². The van der Waals surface area contributed by atoms with Gasteiger partial charge in [0.15, 0.2) is 28.8 Å². The van der Waals surface area contributed by atoms with E-state index in [0.717, 1.165) is 17.3 Å². The third-order valence-electron chi connectivity index (χ3n) is 7.15. The molecule has 216 valence electrons. The molecule has 0 saturated heterocycles. The van der Waals surface area contributed by atoms with Crippen LogP contribution in [0.4, 0.5) is 10.2 Å². The van der Waals surface area contributed by atoms with E-state index in [2.05, 4.69) is 15.4 Å². The molecule has 0 bridgehead atoms. The van der Waals surface area contributed by atoms with Crippen LogP contribution in [-0.4, -0.2) is 53.0 Å². The number of carbonyl (C=O) groups excluding carboxylic acids is 2. The monoisotopic (exact) mass is 580 g/mol. The van der Waals surface area contributed by atoms with E-state index in [1.54, 1.807) is 54.7 Å². The Morgan fingerprint density at radius 3 is 2.07 bits per heavy atom. The van der Waals surface area contributed by atoms with E-state index in [9.17, 15) is 14.0 Å². The Hall–Kier alpha value is -5.45. The summed E-state index contributed by atoms with van der Waals surface area (Å²) in [5.41, 5.74) is 3.15. The number of hydrogen-bond acceptors (Lipinski definition) is 8. The lowest BCUT2D eigenvalue weighted by Gasteiger charge is -2.18. The van der Waals surface area contributed by atoms with Gasteiger partial charge in [-0.15, -0.1) is 5.10 Å². The number of aromatic nitrogens is 3. The molecule has 0 atom stereocenters. The van der Waals surface area contributed by atoms with Gasteiger partial charge in [0, 0.05) is 17.1 Å². The Bertz CT molecular complexity index is 1890. The van der Waals surface area contributed by atoms with Crippen LogP contribution in [0.25, 0.3) is 22.0 Å². The first-order chi connectivity index (χ1) is 21.0. The molecule has 11 heteroatoms. The van der Waals surface area contributed by atoms with Crippen molar-refractivity contribution >= 4 is 28.5 Å². The van der Waals surface area contributed by atoms with Crippen LogP contribution in [0.15, 0.2) is 73.1 Å². The minimum atomic E-state index is -0.476. The molecule has 2 aliphatic heterocycles. The van der Waals surface area contributed by atoms with E-state index >= 15 is 0 Å². The second kappa shape index (κ2) is 11.1. The summed E-state index contributed by atoms with van der Waals surface area (Å²) in [6.45, 7) is 1.83. The van der Waals surface area contributed by atoms with Gasteiger partial charge in [0.25, 0.3) is 5.91 Å². The highest BCUT2D eigenvalue weighted by atomic mass is 19.1. The number of rotatable bonds is 6. The molecule has 3 aromatic carbocycles. The highest BCUT2D eigenvalue weighted by Crippen LogP contribution is 2.33. The van der Waals surface area contributed by atoms with Crippen LogP contribution >= 0.6 is 0 Å². The van der Waals surface area contributed by atoms with Crippen LogP contribution in [0, 0.1) is 5.82 Å². The Kier molecular flexibility index (Phi) is 6.82. The lowest BCUT2D eigenvalue weighted by atomic mass is 10.1. The average Bonchev–Trinajstić information content (AvgIpc) is 3.38. The molecule has 4 heterocycles. The molecule has 1 N–H and O–H groups in total. The van der Waals surface area contributed by atoms with Crippen molar-refractivity contribution in [1.82, 2.24) is 14.8 Å². The third kappa shape index (κ3) is 5.44. The van der Waals surface area contributed by atoms with Gasteiger partial charge in [-0.3, -0.25) is 14.6 Å². The van der Waals surface area contributed by atoms with Crippen molar-refractivity contribution in [1.29, 1.82) is 0 Å². The number of nitrogens with zero attached hydrogens (tertiary/aromatic N) is 3. The molecule has 0 fully saturated rings. The maximum atomic E-state index is 13.9. The summed E-state index contributed by atoms with van der Waals surface area (Å²) in [5, 5.41) is 7.91. The Morgan fingerprint density at radius 2 is 1.40 bits per heavy atom. The van der Waals surface area contributed by atoms with E-state index in [-0.39, 0.29) is 30.5 Å². The number of hydrogen-bond donors (Lipinski definition) is 1. The zero-order valence-electron chi connectivity index (χ0n) is 22.8. The minimum Gasteiger partial charge on any atom is -0.486 e. The van der Waals surface area contributed by atoms with Crippen LogP contribution in [0.2, 0.25) is 0 Å². The number of ether oxygens (including phenoxy) is 4. The van der Waals surface area contributed by atoms with Gasteiger partial charge in [0.05, 0.1) is 24.6 Å². The average molecular weight is 581 g/mol. The second-order valence-electron chi connectivity index (χ2n) is 10.1. The molecule has 2 aliphatic rings. The summed E-state index contributed by atoms with van der Waals surface area (Å²) in [6, 6.07) is 17.3. The number of benzene rings is 3. The molecule has 10 nitrogen and oxygen atoms in total. The van der Waals surface area contributed by atoms with Gasteiger partial charge in [-0.25, -0.2) is 4.39 Å². The number of pyridine rings is 1. The quantitative estimate of drug-likeness (QED) is 0.304. The van der Waals surface area contributed by atoms with Crippen molar-refractivity contribution in [3.05, 3.63) is 90.0 Å². The fourth-order valence-electron chi connectivity index (χ4n) is 5.16. The molecule has 0 spiro atoms. The summed E-state index contributed by atoms with van der Waals surface area (Å²) in [5.74, 6) is 1.53. The van der Waals surface area contributed by atoms with Crippen molar-refractivity contribution in [2.45, 2.75) is 12.8 Å². The fourth-order valence-corrected chi connectivity index (χ4v) is 5.16. The minimum absolute atomic E-state index is 0.0353. The van der Waals surface area contributed by atoms with Crippen molar-refractivity contribution < 1.29 is 32.9 Å². The van der Waals surface area contributed by atoms with E-state index in [4.69, 9.17) is 18.9 Å². The van der Waals surface area contributed by atoms with Gasteiger partial charge in [-0.2, -0.15) is 4.68 Å². The van der Waals surface area contributed by atoms with Crippen LogP contribution in [0.1, 0.15) is 15.9 Å². The highest BCUT2D eigenvalue weighted by Gasteiger charge is 2.21. The largest absolute Gasteiger partial charge is 0.486 e. The molecule has 5 aromatic rings. The molecule has 0 radical (unpaired) electrons. The lowest BCUT2D eigenvalue weighted by Crippen LogP contribution is -2.19. The summed E-state index contributed by atoms with van der Waals surface area (Å²) in [7, 11) is 0. The number of anilines is 1. The molecule has 7 rings (SSSR count). The standard InChI is InChI=1S/C32H25FN4O6/c33-23-15-22(17-34-18-23)21-3-4-25-24(16-21)32(35-30(38)13-19-1-5-26-28(11-19)42-9-7-40-26)36-37(25)31(39)14-20-2-6-27-29(12-20)43-10-8-41-27/h1-6,11-12,15-18H,7-10,13-14H2,(H,35,36,38). The number of nitrogens with one attached hydrogen (secondary N) is 1. The summed E-state index contributed by atoms with van der Waals surface area (Å²) in [6.07, 6.45) is 2.75. The number of amides is 1. The third-order valence-corrected chi connectivity index (χ3v) is 7.15. The summed E-state index contributed by atoms with van der Waals surface area (Å²) >= 11 is 0. The molecule has 0 saturated carbocycles. The second-order valence-corrected chi connectivity index (χ2v) is 10.1. The Morgan fingerprint density at radius 1 is 0.744 bits per heavy atom. The molecule has 43 heavy (non-hydrogen) atoms. The van der Waals surface area contributed by atoms with Gasteiger partial charge < -0.3 is 24.3 Å². The first-order valence-electron chi connectivity index (χ1n) is 13.7. The van der Waals surface area contributed by atoms with Crippen molar-refractivity contribution in [2.24, 2.45) is 0 Å². The molecular weight excluding hydrogens is 555 g/mol. The zero-order valence-corrected chi connectivity index (χ0v) is 22.8. The highest BCUT2D eigenvalue weighted by molar-refractivity contribution is 6.04. The van der Waals surface area contributed by atoms with Crippen molar-refractivity contribution in [3.63, 3.8) is 0 Å². The van der Waals surface area contributed by atoms with Gasteiger partial charge in [0.1, 0.15) is 32.2 Å².